The molecule has 0 heteroatoms. The first-order valence-corrected chi connectivity index (χ1v) is 4.65. The first-order chi connectivity index (χ1) is 6.93. The summed E-state index contributed by atoms with van der Waals surface area (Å²) in [7, 11) is 0. The molecule has 0 unspecified atom stereocenters. The van der Waals surface area contributed by atoms with Crippen LogP contribution in [0.4, 0.5) is 0 Å². The lowest BCUT2D eigenvalue weighted by Crippen LogP contribution is -1.75. The van der Waals surface area contributed by atoms with Crippen LogP contribution in [0.25, 0.3) is 21.5 Å². The minimum absolute atomic E-state index is 1.06. The van der Waals surface area contributed by atoms with E-state index in [9.17, 15) is 0 Å². The summed E-state index contributed by atoms with van der Waals surface area (Å²) in [5.74, 6) is 0. The Kier molecular flexibility index (Phi) is 1.54. The molecule has 0 aromatic heterocycles. The van der Waals surface area contributed by atoms with E-state index >= 15 is 0 Å². The van der Waals surface area contributed by atoms with Crippen molar-refractivity contribution in [3.8, 4) is 0 Å². The zero-order valence-corrected chi connectivity index (χ0v) is 7.62. The third-order valence-corrected chi connectivity index (χ3v) is 2.42. The summed E-state index contributed by atoms with van der Waals surface area (Å²) in [5.41, 5.74) is 0. The lowest BCUT2D eigenvalue weighted by atomic mass is 10.0. The molecule has 14 heavy (non-hydrogen) atoms. The van der Waals surface area contributed by atoms with Gasteiger partial charge < -0.3 is 0 Å². The van der Waals surface area contributed by atoms with Gasteiger partial charge in [0.05, 0.1) is 0 Å². The molecular formula is C14H8-2. The Labute approximate surface area is 82.8 Å². The Hall–Kier alpha value is -1.82. The van der Waals surface area contributed by atoms with Gasteiger partial charge in [0, 0.05) is 0 Å². The zero-order valence-electron chi connectivity index (χ0n) is 7.62. The van der Waals surface area contributed by atoms with Crippen molar-refractivity contribution in [3.63, 3.8) is 0 Å². The third kappa shape index (κ3) is 1.08. The standard InChI is InChI=1S/C14H8/c1-2-6-12-10-14-8-4-3-7-13(14)9-11(12)5-1/h1-7,9H/q-2. The van der Waals surface area contributed by atoms with Crippen LogP contribution in [0.3, 0.4) is 0 Å². The van der Waals surface area contributed by atoms with Gasteiger partial charge in [0.1, 0.15) is 0 Å². The van der Waals surface area contributed by atoms with Crippen molar-refractivity contribution in [1.82, 2.24) is 0 Å². The van der Waals surface area contributed by atoms with Crippen LogP contribution in [0, 0.1) is 12.1 Å². The van der Waals surface area contributed by atoms with Crippen molar-refractivity contribution >= 4 is 21.5 Å². The van der Waals surface area contributed by atoms with Crippen molar-refractivity contribution in [2.24, 2.45) is 0 Å². The number of fused-ring (bicyclic) bond motifs is 2. The maximum atomic E-state index is 3.35. The van der Waals surface area contributed by atoms with Gasteiger partial charge in [-0.2, -0.15) is 0 Å². The Bertz CT molecular complexity index is 489. The molecule has 0 nitrogen and oxygen atoms in total. The van der Waals surface area contributed by atoms with Crippen LogP contribution >= 0.6 is 0 Å². The van der Waals surface area contributed by atoms with E-state index in [2.05, 4.69) is 42.5 Å². The molecule has 0 aliphatic rings. The molecule has 0 fully saturated rings. The normalized spacial score (nSPS) is 10.9. The minimum atomic E-state index is 1.06. The smallest absolute Gasteiger partial charge is 0.0544 e. The SMILES string of the molecule is [c-]1cccc2cc3ccccc3[c-]c12. The van der Waals surface area contributed by atoms with Gasteiger partial charge in [0.15, 0.2) is 0 Å². The van der Waals surface area contributed by atoms with Crippen LogP contribution in [0.1, 0.15) is 0 Å². The number of benzene rings is 3. The fourth-order valence-electron chi connectivity index (χ4n) is 1.72. The van der Waals surface area contributed by atoms with Crippen LogP contribution < -0.4 is 0 Å². The summed E-state index contributed by atoms with van der Waals surface area (Å²) >= 11 is 0. The van der Waals surface area contributed by atoms with E-state index in [1.807, 2.05) is 18.2 Å². The second-order valence-corrected chi connectivity index (χ2v) is 3.36. The number of hydrogen-bond donors (Lipinski definition) is 0. The quantitative estimate of drug-likeness (QED) is 0.362. The average Bonchev–Trinajstić information content (AvgIpc) is 2.26. The Morgan fingerprint density at radius 1 is 0.857 bits per heavy atom. The van der Waals surface area contributed by atoms with Crippen molar-refractivity contribution in [3.05, 3.63) is 60.7 Å². The summed E-state index contributed by atoms with van der Waals surface area (Å²) in [6, 6.07) is 23.0. The lowest BCUT2D eigenvalue weighted by Gasteiger charge is -2.15. The summed E-state index contributed by atoms with van der Waals surface area (Å²) in [5, 5.41) is 4.65. The van der Waals surface area contributed by atoms with E-state index < -0.39 is 0 Å². The van der Waals surface area contributed by atoms with Gasteiger partial charge >= 0.3 is 0 Å². The van der Waals surface area contributed by atoms with Crippen LogP contribution in [0.15, 0.2) is 48.5 Å². The molecule has 0 saturated heterocycles. The summed E-state index contributed by atoms with van der Waals surface area (Å²) in [6.45, 7) is 0. The van der Waals surface area contributed by atoms with Crippen molar-refractivity contribution in [1.29, 1.82) is 0 Å². The second-order valence-electron chi connectivity index (χ2n) is 3.36. The molecule has 0 heterocycles. The molecule has 3 rings (SSSR count). The highest BCUT2D eigenvalue weighted by atomic mass is 14.0. The highest BCUT2D eigenvalue weighted by Crippen LogP contribution is 2.20. The monoisotopic (exact) mass is 176 g/mol. The molecule has 0 aliphatic carbocycles. The third-order valence-electron chi connectivity index (χ3n) is 2.42. The summed E-state index contributed by atoms with van der Waals surface area (Å²) in [6.07, 6.45) is 0. The summed E-state index contributed by atoms with van der Waals surface area (Å²) in [4.78, 5) is 0. The van der Waals surface area contributed by atoms with E-state index in [1.165, 1.54) is 10.8 Å². The van der Waals surface area contributed by atoms with Crippen LogP contribution in [-0.4, -0.2) is 0 Å². The van der Waals surface area contributed by atoms with E-state index in [4.69, 9.17) is 0 Å². The predicted octanol–water partition coefficient (Wildman–Crippen LogP) is 3.59. The largest absolute Gasteiger partial charge is 0.285 e. The van der Waals surface area contributed by atoms with Gasteiger partial charge in [0.25, 0.3) is 0 Å². The molecule has 0 amide bonds. The van der Waals surface area contributed by atoms with Crippen molar-refractivity contribution in [2.45, 2.75) is 0 Å². The Balaban J connectivity index is 2.52. The van der Waals surface area contributed by atoms with E-state index in [-0.39, 0.29) is 0 Å². The summed E-state index contributed by atoms with van der Waals surface area (Å²) < 4.78 is 0. The fraction of sp³-hybridized carbons (Fsp3) is 0. The van der Waals surface area contributed by atoms with Crippen LogP contribution in [-0.2, 0) is 0 Å². The van der Waals surface area contributed by atoms with Crippen molar-refractivity contribution < 1.29 is 0 Å². The predicted molar refractivity (Wildman–Crippen MR) is 59.1 cm³/mol. The fourth-order valence-corrected chi connectivity index (χ4v) is 1.72. The van der Waals surface area contributed by atoms with E-state index in [0.29, 0.717) is 0 Å². The van der Waals surface area contributed by atoms with Crippen LogP contribution in [0.5, 0.6) is 0 Å². The molecule has 0 aliphatic heterocycles. The molecule has 66 valence electrons. The Morgan fingerprint density at radius 2 is 1.71 bits per heavy atom. The zero-order chi connectivity index (χ0) is 9.38. The minimum Gasteiger partial charge on any atom is -0.285 e. The van der Waals surface area contributed by atoms with Gasteiger partial charge in [-0.15, -0.1) is 11.5 Å². The highest BCUT2D eigenvalue weighted by molar-refractivity contribution is 5.97. The molecular weight excluding hydrogens is 168 g/mol. The molecule has 0 atom stereocenters. The van der Waals surface area contributed by atoms with Crippen molar-refractivity contribution in [2.75, 3.05) is 0 Å². The van der Waals surface area contributed by atoms with Crippen LogP contribution in [0.2, 0.25) is 0 Å². The van der Waals surface area contributed by atoms with Gasteiger partial charge in [-0.3, -0.25) is 17.5 Å². The molecule has 0 spiro atoms. The van der Waals surface area contributed by atoms with Gasteiger partial charge in [-0.05, 0) is 0 Å². The van der Waals surface area contributed by atoms with Gasteiger partial charge in [-0.1, -0.05) is 29.7 Å². The maximum Gasteiger partial charge on any atom is -0.0544 e. The number of hydrogen-bond acceptors (Lipinski definition) is 0. The first kappa shape index (κ1) is 7.57. The van der Waals surface area contributed by atoms with Gasteiger partial charge in [-0.25, -0.2) is 23.6 Å². The molecule has 3 aromatic carbocycles. The highest BCUT2D eigenvalue weighted by Gasteiger charge is 1.83. The average molecular weight is 176 g/mol. The number of rotatable bonds is 0. The molecule has 0 bridgehead atoms. The molecule has 3 aromatic rings. The Morgan fingerprint density at radius 3 is 2.71 bits per heavy atom. The maximum absolute atomic E-state index is 3.35. The van der Waals surface area contributed by atoms with E-state index in [0.717, 1.165) is 10.8 Å². The second kappa shape index (κ2) is 2.85. The lowest BCUT2D eigenvalue weighted by molar-refractivity contribution is 1.75. The van der Waals surface area contributed by atoms with Gasteiger partial charge in [0.2, 0.25) is 0 Å². The molecule has 0 radical (unpaired) electrons. The first-order valence-electron chi connectivity index (χ1n) is 4.65. The van der Waals surface area contributed by atoms with E-state index in [1.54, 1.807) is 0 Å². The molecule has 0 saturated carbocycles. The molecule has 0 N–H and O–H groups in total. The topological polar surface area (TPSA) is 0 Å².